The molecule has 1 aliphatic carbocycles. The van der Waals surface area contributed by atoms with E-state index in [1.54, 1.807) is 21.4 Å². The lowest BCUT2D eigenvalue weighted by Gasteiger charge is -2.26. The van der Waals surface area contributed by atoms with Gasteiger partial charge in [-0.05, 0) is 36.5 Å². The molecular formula is C16H20N4O2. The van der Waals surface area contributed by atoms with Crippen LogP contribution in [0.1, 0.15) is 24.2 Å². The van der Waals surface area contributed by atoms with E-state index in [1.807, 2.05) is 12.1 Å². The minimum absolute atomic E-state index is 0.0407. The van der Waals surface area contributed by atoms with E-state index in [0.717, 1.165) is 31.0 Å². The van der Waals surface area contributed by atoms with E-state index in [9.17, 15) is 9.90 Å². The number of aromatic hydroxyl groups is 1. The standard InChI is InChI=1S/C16H20N4O2/c21-14-3-1-2-13(8-14)9-18-6-7-19-15(11-18)17-20(16(19)22)10-12-4-5-12/h1-3,8,12,21H,4-7,9-11H2. The molecule has 116 valence electrons. The Kier molecular flexibility index (Phi) is 3.26. The first kappa shape index (κ1) is 13.6. The lowest BCUT2D eigenvalue weighted by Crippen LogP contribution is -2.37. The first-order valence-electron chi connectivity index (χ1n) is 7.86. The zero-order valence-corrected chi connectivity index (χ0v) is 12.5. The number of fused-ring (bicyclic) bond motifs is 1. The molecule has 1 aromatic heterocycles. The van der Waals surface area contributed by atoms with Gasteiger partial charge in [0, 0.05) is 26.2 Å². The van der Waals surface area contributed by atoms with E-state index in [-0.39, 0.29) is 5.69 Å². The Hall–Kier alpha value is -2.08. The maximum absolute atomic E-state index is 12.3. The molecule has 2 heterocycles. The van der Waals surface area contributed by atoms with Gasteiger partial charge in [0.05, 0.1) is 6.54 Å². The fourth-order valence-electron chi connectivity index (χ4n) is 3.06. The molecule has 6 heteroatoms. The third-order valence-corrected chi connectivity index (χ3v) is 4.45. The van der Waals surface area contributed by atoms with Crippen LogP contribution in [0.4, 0.5) is 0 Å². The number of rotatable bonds is 4. The average Bonchev–Trinajstić information content (AvgIpc) is 3.25. The molecule has 0 saturated heterocycles. The van der Waals surface area contributed by atoms with Gasteiger partial charge in [-0.1, -0.05) is 12.1 Å². The second kappa shape index (κ2) is 5.28. The minimum Gasteiger partial charge on any atom is -0.508 e. The van der Waals surface area contributed by atoms with Crippen molar-refractivity contribution in [2.75, 3.05) is 6.54 Å². The summed E-state index contributed by atoms with van der Waals surface area (Å²) in [4.78, 5) is 14.6. The Morgan fingerprint density at radius 3 is 2.91 bits per heavy atom. The van der Waals surface area contributed by atoms with Gasteiger partial charge in [-0.3, -0.25) is 9.47 Å². The minimum atomic E-state index is 0.0407. The van der Waals surface area contributed by atoms with Crippen LogP contribution in [0, 0.1) is 5.92 Å². The molecule has 1 aliphatic heterocycles. The number of aromatic nitrogens is 3. The summed E-state index contributed by atoms with van der Waals surface area (Å²) in [6, 6.07) is 7.33. The molecule has 1 fully saturated rings. The van der Waals surface area contributed by atoms with Gasteiger partial charge in [0.2, 0.25) is 0 Å². The van der Waals surface area contributed by atoms with Crippen LogP contribution in [0.5, 0.6) is 5.75 Å². The van der Waals surface area contributed by atoms with Gasteiger partial charge in [0.15, 0.2) is 0 Å². The van der Waals surface area contributed by atoms with Crippen LogP contribution in [0.25, 0.3) is 0 Å². The third-order valence-electron chi connectivity index (χ3n) is 4.45. The van der Waals surface area contributed by atoms with Gasteiger partial charge in [-0.25, -0.2) is 9.48 Å². The highest BCUT2D eigenvalue weighted by Crippen LogP contribution is 2.30. The predicted octanol–water partition coefficient (Wildman–Crippen LogP) is 1.18. The van der Waals surface area contributed by atoms with E-state index in [2.05, 4.69) is 10.00 Å². The fourth-order valence-corrected chi connectivity index (χ4v) is 3.06. The van der Waals surface area contributed by atoms with E-state index in [1.165, 1.54) is 12.8 Å². The molecule has 1 saturated carbocycles. The molecule has 2 aliphatic rings. The van der Waals surface area contributed by atoms with Gasteiger partial charge >= 0.3 is 5.69 Å². The molecule has 2 aromatic rings. The highest BCUT2D eigenvalue weighted by molar-refractivity contribution is 5.27. The molecule has 1 aromatic carbocycles. The van der Waals surface area contributed by atoms with Crippen molar-refractivity contribution < 1.29 is 5.11 Å². The van der Waals surface area contributed by atoms with E-state index < -0.39 is 0 Å². The van der Waals surface area contributed by atoms with E-state index >= 15 is 0 Å². The summed E-state index contributed by atoms with van der Waals surface area (Å²) in [5.74, 6) is 1.80. The van der Waals surface area contributed by atoms with Crippen LogP contribution in [0.3, 0.4) is 0 Å². The molecule has 1 N–H and O–H groups in total. The zero-order valence-electron chi connectivity index (χ0n) is 12.5. The number of benzene rings is 1. The third kappa shape index (κ3) is 2.66. The average molecular weight is 300 g/mol. The van der Waals surface area contributed by atoms with Crippen LogP contribution in [-0.4, -0.2) is 30.9 Å². The van der Waals surface area contributed by atoms with Crippen molar-refractivity contribution in [2.24, 2.45) is 5.92 Å². The van der Waals surface area contributed by atoms with Gasteiger partial charge in [0.1, 0.15) is 11.6 Å². The normalized spacial score (nSPS) is 18.4. The summed E-state index contributed by atoms with van der Waals surface area (Å²) >= 11 is 0. The summed E-state index contributed by atoms with van der Waals surface area (Å²) in [5, 5.41) is 14.1. The number of nitrogens with zero attached hydrogens (tertiary/aromatic N) is 4. The van der Waals surface area contributed by atoms with Crippen LogP contribution < -0.4 is 5.69 Å². The van der Waals surface area contributed by atoms with Crippen molar-refractivity contribution in [3.05, 3.63) is 46.1 Å². The summed E-state index contributed by atoms with van der Waals surface area (Å²) in [7, 11) is 0. The Bertz CT molecular complexity index is 745. The Labute approximate surface area is 128 Å². The summed E-state index contributed by atoms with van der Waals surface area (Å²) in [6.45, 7) is 3.74. The van der Waals surface area contributed by atoms with Crippen molar-refractivity contribution in [3.63, 3.8) is 0 Å². The maximum atomic E-state index is 12.3. The summed E-state index contributed by atoms with van der Waals surface area (Å²) in [5.41, 5.74) is 1.12. The molecule has 0 unspecified atom stereocenters. The molecule has 4 rings (SSSR count). The molecule has 0 atom stereocenters. The molecule has 0 amide bonds. The van der Waals surface area contributed by atoms with E-state index in [4.69, 9.17) is 0 Å². The highest BCUT2D eigenvalue weighted by atomic mass is 16.3. The smallest absolute Gasteiger partial charge is 0.346 e. The van der Waals surface area contributed by atoms with Gasteiger partial charge < -0.3 is 5.11 Å². The Morgan fingerprint density at radius 2 is 2.14 bits per heavy atom. The second-order valence-electron chi connectivity index (χ2n) is 6.36. The first-order chi connectivity index (χ1) is 10.7. The van der Waals surface area contributed by atoms with E-state index in [0.29, 0.717) is 24.8 Å². The highest BCUT2D eigenvalue weighted by Gasteiger charge is 2.26. The first-order valence-corrected chi connectivity index (χ1v) is 7.86. The number of hydrogen-bond acceptors (Lipinski definition) is 4. The lowest BCUT2D eigenvalue weighted by atomic mass is 10.2. The van der Waals surface area contributed by atoms with Gasteiger partial charge in [0.25, 0.3) is 0 Å². The van der Waals surface area contributed by atoms with Crippen molar-refractivity contribution in [1.82, 2.24) is 19.2 Å². The largest absolute Gasteiger partial charge is 0.508 e. The number of phenolic OH excluding ortho intramolecular Hbond substituents is 1. The topological polar surface area (TPSA) is 63.3 Å². The van der Waals surface area contributed by atoms with Crippen LogP contribution >= 0.6 is 0 Å². The second-order valence-corrected chi connectivity index (χ2v) is 6.36. The van der Waals surface area contributed by atoms with Gasteiger partial charge in [-0.15, -0.1) is 0 Å². The Morgan fingerprint density at radius 1 is 1.27 bits per heavy atom. The van der Waals surface area contributed by atoms with Crippen LogP contribution in [0.2, 0.25) is 0 Å². The monoisotopic (exact) mass is 300 g/mol. The number of phenols is 1. The molecule has 0 spiro atoms. The Balaban J connectivity index is 1.50. The summed E-state index contributed by atoms with van der Waals surface area (Å²) < 4.78 is 3.45. The zero-order chi connectivity index (χ0) is 15.1. The number of hydrogen-bond donors (Lipinski definition) is 1. The van der Waals surface area contributed by atoms with Crippen molar-refractivity contribution in [1.29, 1.82) is 0 Å². The van der Waals surface area contributed by atoms with Crippen molar-refractivity contribution in [2.45, 2.75) is 39.0 Å². The summed E-state index contributed by atoms with van der Waals surface area (Å²) in [6.07, 6.45) is 2.44. The van der Waals surface area contributed by atoms with Crippen molar-refractivity contribution >= 4 is 0 Å². The SMILES string of the molecule is O=c1n(CC2CC2)nc2n1CCN(Cc1cccc(O)c1)C2. The van der Waals surface area contributed by atoms with Crippen LogP contribution in [0.15, 0.2) is 29.1 Å². The predicted molar refractivity (Wildman–Crippen MR) is 81.4 cm³/mol. The lowest BCUT2D eigenvalue weighted by molar-refractivity contribution is 0.207. The molecule has 6 nitrogen and oxygen atoms in total. The fraction of sp³-hybridized carbons (Fsp3) is 0.500. The molecule has 0 radical (unpaired) electrons. The van der Waals surface area contributed by atoms with Gasteiger partial charge in [-0.2, -0.15) is 5.10 Å². The molecular weight excluding hydrogens is 280 g/mol. The van der Waals surface area contributed by atoms with Crippen molar-refractivity contribution in [3.8, 4) is 5.75 Å². The maximum Gasteiger partial charge on any atom is 0.346 e. The quantitative estimate of drug-likeness (QED) is 0.921. The molecule has 0 bridgehead atoms. The van der Waals surface area contributed by atoms with Crippen LogP contribution in [-0.2, 0) is 26.2 Å². The molecule has 22 heavy (non-hydrogen) atoms.